The molecule has 0 spiro atoms. The average molecular weight is 571 g/mol. The first-order chi connectivity index (χ1) is 17.8. The molecule has 3 nitrogen and oxygen atoms in total. The molecule has 0 bridgehead atoms. The van der Waals surface area contributed by atoms with Crippen molar-refractivity contribution >= 4 is 37.7 Å². The molecule has 3 unspecified atom stereocenters. The molecule has 1 aromatic rings. The Labute approximate surface area is 226 Å². The van der Waals surface area contributed by atoms with Gasteiger partial charge in [-0.2, -0.15) is 13.2 Å². The number of benzene rings is 1. The molecule has 208 valence electrons. The van der Waals surface area contributed by atoms with Crippen molar-refractivity contribution < 1.29 is 26.4 Å². The fourth-order valence-corrected chi connectivity index (χ4v) is 12.8. The monoisotopic (exact) mass is 570 g/mol. The first-order valence-corrected chi connectivity index (χ1v) is 20.1. The summed E-state index contributed by atoms with van der Waals surface area (Å²) >= 11 is 0. The average Bonchev–Trinajstić information content (AvgIpc) is 2.94. The van der Waals surface area contributed by atoms with E-state index >= 15 is 0 Å². The summed E-state index contributed by atoms with van der Waals surface area (Å²) in [6.45, 7) is 13.8. The molecule has 0 aromatic heterocycles. The van der Waals surface area contributed by atoms with Gasteiger partial charge in [0.15, 0.2) is 9.04 Å². The Hall–Kier alpha value is -1.24. The molecule has 0 amide bonds. The highest BCUT2D eigenvalue weighted by Gasteiger charge is 2.38. The van der Waals surface area contributed by atoms with Gasteiger partial charge in [-0.1, -0.05) is 68.0 Å². The van der Waals surface area contributed by atoms with E-state index in [-0.39, 0.29) is 6.04 Å². The van der Waals surface area contributed by atoms with Gasteiger partial charge in [0.05, 0.1) is 0 Å². The van der Waals surface area contributed by atoms with Crippen LogP contribution in [0.2, 0.25) is 30.2 Å². The van der Waals surface area contributed by atoms with Crippen LogP contribution in [0.4, 0.5) is 13.2 Å². The van der Waals surface area contributed by atoms with Crippen molar-refractivity contribution in [3.05, 3.63) is 61.3 Å². The van der Waals surface area contributed by atoms with Crippen LogP contribution in [0.1, 0.15) is 50.5 Å². The molecular formula is C28H45F3O3Si3. The maximum Gasteiger partial charge on any atom is 0.388 e. The zero-order valence-electron chi connectivity index (χ0n) is 22.3. The predicted molar refractivity (Wildman–Crippen MR) is 157 cm³/mol. The molecule has 0 N–H and O–H groups in total. The van der Waals surface area contributed by atoms with Crippen molar-refractivity contribution in [2.24, 2.45) is 0 Å². The second-order valence-corrected chi connectivity index (χ2v) is 18.9. The van der Waals surface area contributed by atoms with Crippen LogP contribution in [0.25, 0.3) is 6.08 Å². The van der Waals surface area contributed by atoms with Gasteiger partial charge >= 0.3 is 6.18 Å². The van der Waals surface area contributed by atoms with Gasteiger partial charge < -0.3 is 13.3 Å². The summed E-state index contributed by atoms with van der Waals surface area (Å²) < 4.78 is 53.2. The topological polar surface area (TPSA) is 27.7 Å². The molecule has 0 radical (unpaired) electrons. The van der Waals surface area contributed by atoms with Crippen LogP contribution in [-0.2, 0) is 13.3 Å². The number of alkyl halides is 3. The molecule has 0 saturated carbocycles. The van der Waals surface area contributed by atoms with E-state index in [9.17, 15) is 13.2 Å². The lowest BCUT2D eigenvalue weighted by molar-refractivity contribution is -0.131. The van der Waals surface area contributed by atoms with Crippen molar-refractivity contribution in [3.63, 3.8) is 0 Å². The SMILES string of the molecule is C=CC[SiH]1CCCCO1.C=C[Si]1(CCC(F)(F)F)CCCCO1.C=Cc1ccccc1[SiH]1CCCCO1. The number of halogens is 3. The summed E-state index contributed by atoms with van der Waals surface area (Å²) in [6, 6.07) is 13.3. The predicted octanol–water partition coefficient (Wildman–Crippen LogP) is 7.20. The molecule has 3 aliphatic rings. The Balaban J connectivity index is 0.000000200. The van der Waals surface area contributed by atoms with Crippen LogP contribution >= 0.6 is 0 Å². The third-order valence-electron chi connectivity index (χ3n) is 7.03. The molecule has 3 aliphatic heterocycles. The summed E-state index contributed by atoms with van der Waals surface area (Å²) in [4.78, 5) is 0. The maximum atomic E-state index is 12.0. The van der Waals surface area contributed by atoms with Crippen molar-refractivity contribution in [1.29, 1.82) is 0 Å². The fourth-order valence-electron chi connectivity index (χ4n) is 4.84. The number of allylic oxidation sites excluding steroid dienone is 1. The van der Waals surface area contributed by atoms with Gasteiger partial charge in [-0.05, 0) is 60.2 Å². The van der Waals surface area contributed by atoms with Gasteiger partial charge in [0.2, 0.25) is 17.4 Å². The van der Waals surface area contributed by atoms with Crippen LogP contribution in [0.15, 0.2) is 55.8 Å². The maximum absolute atomic E-state index is 12.0. The molecular weight excluding hydrogens is 526 g/mol. The first kappa shape index (κ1) is 32.0. The summed E-state index contributed by atoms with van der Waals surface area (Å²) in [6.07, 6.45) is 6.34. The minimum absolute atomic E-state index is 0.139. The van der Waals surface area contributed by atoms with Gasteiger partial charge in [-0.3, -0.25) is 0 Å². The lowest BCUT2D eigenvalue weighted by atomic mass is 10.2. The summed E-state index contributed by atoms with van der Waals surface area (Å²) in [5, 5.41) is 1.43. The molecule has 9 heteroatoms. The van der Waals surface area contributed by atoms with E-state index in [0.717, 1.165) is 32.1 Å². The quantitative estimate of drug-likeness (QED) is 0.256. The minimum atomic E-state index is -4.07. The molecule has 3 atom stereocenters. The highest BCUT2D eigenvalue weighted by molar-refractivity contribution is 6.78. The Morgan fingerprint density at radius 1 is 0.892 bits per heavy atom. The third-order valence-corrected chi connectivity index (χ3v) is 16.3. The largest absolute Gasteiger partial charge is 0.420 e. The van der Waals surface area contributed by atoms with Crippen LogP contribution in [0.5, 0.6) is 0 Å². The molecule has 3 heterocycles. The van der Waals surface area contributed by atoms with Gasteiger partial charge in [-0.25, -0.2) is 0 Å². The molecule has 3 fully saturated rings. The van der Waals surface area contributed by atoms with Crippen molar-refractivity contribution in [1.82, 2.24) is 0 Å². The molecule has 0 aliphatic carbocycles. The van der Waals surface area contributed by atoms with Gasteiger partial charge in [-0.15, -0.1) is 13.2 Å². The van der Waals surface area contributed by atoms with Gasteiger partial charge in [0.1, 0.15) is 0 Å². The van der Waals surface area contributed by atoms with Crippen molar-refractivity contribution in [2.45, 2.75) is 81.3 Å². The van der Waals surface area contributed by atoms with Crippen LogP contribution in [-0.4, -0.2) is 52.4 Å². The normalized spacial score (nSPS) is 25.9. The van der Waals surface area contributed by atoms with Crippen LogP contribution in [0.3, 0.4) is 0 Å². The summed E-state index contributed by atoms with van der Waals surface area (Å²) in [5.41, 5.74) is 2.93. The molecule has 37 heavy (non-hydrogen) atoms. The van der Waals surface area contributed by atoms with E-state index in [1.807, 2.05) is 12.2 Å². The Morgan fingerprint density at radius 3 is 2.14 bits per heavy atom. The zero-order valence-corrected chi connectivity index (χ0v) is 25.6. The van der Waals surface area contributed by atoms with Crippen molar-refractivity contribution in [2.75, 3.05) is 19.8 Å². The highest BCUT2D eigenvalue weighted by Crippen LogP contribution is 2.32. The van der Waals surface area contributed by atoms with Gasteiger partial charge in [0, 0.05) is 26.2 Å². The van der Waals surface area contributed by atoms with E-state index in [1.165, 1.54) is 54.6 Å². The minimum Gasteiger partial charge on any atom is -0.420 e. The second kappa shape index (κ2) is 17.4. The smallest absolute Gasteiger partial charge is 0.388 e. The molecule has 4 rings (SSSR count). The van der Waals surface area contributed by atoms with Crippen LogP contribution in [0, 0.1) is 0 Å². The third kappa shape index (κ3) is 12.4. The molecule has 1 aromatic carbocycles. The number of rotatable bonds is 7. The fraction of sp³-hybridized carbons (Fsp3) is 0.571. The van der Waals surface area contributed by atoms with E-state index in [4.69, 9.17) is 13.3 Å². The Morgan fingerprint density at radius 2 is 1.59 bits per heavy atom. The second-order valence-electron chi connectivity index (χ2n) is 9.89. The zero-order chi connectivity index (χ0) is 27.0. The lowest BCUT2D eigenvalue weighted by Gasteiger charge is -2.32. The number of hydrogen-bond acceptors (Lipinski definition) is 3. The summed E-state index contributed by atoms with van der Waals surface area (Å²) in [7, 11) is -4.08. The number of hydrogen-bond donors (Lipinski definition) is 0. The summed E-state index contributed by atoms with van der Waals surface area (Å²) in [5.74, 6) is 0. The standard InChI is InChI=1S/C12H16OSi.C9H15F3OSi.C7H14OSi/c1-2-11-7-3-4-8-12(11)14-10-6-5-9-13-14;1-2-14(7-4-3-6-13-14)8-5-9(10,11)12;1-2-6-9-7-4-3-5-8-9/h2-4,7-8,14H,1,5-6,9-10H2;2H,1,3-8H2;2,9H,1,3-7H2. The Bertz CT molecular complexity index is 801. The Kier molecular flexibility index (Phi) is 15.0. The first-order valence-electron chi connectivity index (χ1n) is 13.7. The highest BCUT2D eigenvalue weighted by atomic mass is 28.4. The van der Waals surface area contributed by atoms with E-state index in [1.54, 1.807) is 5.70 Å². The van der Waals surface area contributed by atoms with Gasteiger partial charge in [0.25, 0.3) is 0 Å². The van der Waals surface area contributed by atoms with Crippen molar-refractivity contribution in [3.8, 4) is 0 Å². The van der Waals surface area contributed by atoms with E-state index < -0.39 is 39.0 Å². The van der Waals surface area contributed by atoms with E-state index in [0.29, 0.717) is 6.61 Å². The molecule has 3 saturated heterocycles. The van der Waals surface area contributed by atoms with E-state index in [2.05, 4.69) is 44.0 Å². The van der Waals surface area contributed by atoms with Crippen LogP contribution < -0.4 is 5.19 Å². The lowest BCUT2D eigenvalue weighted by Crippen LogP contribution is -2.40.